The number of hydrogen-bond acceptors (Lipinski definition) is 4. The Morgan fingerprint density at radius 1 is 1.21 bits per heavy atom. The predicted molar refractivity (Wildman–Crippen MR) is 98.6 cm³/mol. The molecule has 1 heterocycles. The van der Waals surface area contributed by atoms with E-state index in [0.29, 0.717) is 37.5 Å². The van der Waals surface area contributed by atoms with E-state index in [-0.39, 0.29) is 18.2 Å². The van der Waals surface area contributed by atoms with Crippen LogP contribution in [0.1, 0.15) is 23.7 Å². The van der Waals surface area contributed by atoms with E-state index >= 15 is 0 Å². The van der Waals surface area contributed by atoms with Gasteiger partial charge in [-0.2, -0.15) is 5.10 Å². The smallest absolute Gasteiger partial charge is 0.271 e. The van der Waals surface area contributed by atoms with Crippen LogP contribution in [-0.4, -0.2) is 59.9 Å². The number of benzene rings is 1. The molecule has 128 valence electrons. The molecule has 0 aliphatic carbocycles. The first-order chi connectivity index (χ1) is 11.5. The largest absolute Gasteiger partial charge is 0.342 e. The van der Waals surface area contributed by atoms with Gasteiger partial charge in [0.15, 0.2) is 0 Å². The fourth-order valence-electron chi connectivity index (χ4n) is 2.26. The van der Waals surface area contributed by atoms with Crippen LogP contribution in [0.15, 0.2) is 29.4 Å². The summed E-state index contributed by atoms with van der Waals surface area (Å²) < 4.78 is 1.05. The summed E-state index contributed by atoms with van der Waals surface area (Å²) in [6.07, 6.45) is 0.947. The Labute approximate surface area is 154 Å². The monoisotopic (exact) mass is 442 g/mol. The highest BCUT2D eigenvalue weighted by molar-refractivity contribution is 14.1. The Bertz CT molecular complexity index is 637. The third-order valence-electron chi connectivity index (χ3n) is 3.68. The number of piperazine rings is 1. The molecule has 0 bridgehead atoms. The lowest BCUT2D eigenvalue weighted by Gasteiger charge is -2.32. The molecule has 0 spiro atoms. The van der Waals surface area contributed by atoms with Crippen molar-refractivity contribution in [3.8, 4) is 0 Å². The molecular weight excluding hydrogens is 423 g/mol. The molecular formula is C16H19IN4O3. The third-order valence-corrected chi connectivity index (χ3v) is 4.40. The molecule has 1 saturated heterocycles. The van der Waals surface area contributed by atoms with Crippen molar-refractivity contribution < 1.29 is 14.4 Å². The van der Waals surface area contributed by atoms with Crippen molar-refractivity contribution in [2.24, 2.45) is 5.10 Å². The van der Waals surface area contributed by atoms with E-state index in [4.69, 9.17) is 0 Å². The normalized spacial score (nSPS) is 15.2. The van der Waals surface area contributed by atoms with E-state index in [1.807, 2.05) is 12.1 Å². The average molecular weight is 442 g/mol. The molecule has 2 rings (SSSR count). The maximum absolute atomic E-state index is 12.2. The van der Waals surface area contributed by atoms with E-state index in [1.165, 1.54) is 0 Å². The van der Waals surface area contributed by atoms with Crippen LogP contribution in [0.2, 0.25) is 0 Å². The molecule has 1 aromatic rings. The number of carbonyl (C=O) groups is 3. The highest BCUT2D eigenvalue weighted by Crippen LogP contribution is 2.07. The second-order valence-corrected chi connectivity index (χ2v) is 6.74. The second-order valence-electron chi connectivity index (χ2n) is 5.49. The molecule has 1 aromatic carbocycles. The van der Waals surface area contributed by atoms with Crippen LogP contribution in [0.25, 0.3) is 0 Å². The van der Waals surface area contributed by atoms with Crippen LogP contribution in [0.4, 0.5) is 0 Å². The van der Waals surface area contributed by atoms with Gasteiger partial charge in [0.1, 0.15) is 0 Å². The van der Waals surface area contributed by atoms with Gasteiger partial charge in [0.2, 0.25) is 12.3 Å². The van der Waals surface area contributed by atoms with Crippen molar-refractivity contribution >= 4 is 46.5 Å². The molecule has 3 amide bonds. The van der Waals surface area contributed by atoms with Gasteiger partial charge < -0.3 is 9.80 Å². The molecule has 8 heteroatoms. The SMILES string of the molecule is C/C(CC(=O)N1CCN(C=O)CC1)=N/NC(=O)c1ccc(I)cc1. The molecule has 7 nitrogen and oxygen atoms in total. The van der Waals surface area contributed by atoms with Gasteiger partial charge >= 0.3 is 0 Å². The zero-order valence-electron chi connectivity index (χ0n) is 13.4. The molecule has 0 radical (unpaired) electrons. The fraction of sp³-hybridized carbons (Fsp3) is 0.375. The van der Waals surface area contributed by atoms with Gasteiger partial charge in [-0.25, -0.2) is 5.43 Å². The number of hydrogen-bond donors (Lipinski definition) is 1. The minimum atomic E-state index is -0.308. The predicted octanol–water partition coefficient (Wildman–Crippen LogP) is 1.09. The van der Waals surface area contributed by atoms with Gasteiger partial charge in [-0.15, -0.1) is 0 Å². The second kappa shape index (κ2) is 8.76. The number of hydrazone groups is 1. The number of rotatable bonds is 5. The van der Waals surface area contributed by atoms with E-state index in [0.717, 1.165) is 9.98 Å². The molecule has 1 aliphatic heterocycles. The van der Waals surface area contributed by atoms with Gasteiger partial charge in [-0.3, -0.25) is 14.4 Å². The summed E-state index contributed by atoms with van der Waals surface area (Å²) in [5.74, 6) is -0.358. The Morgan fingerprint density at radius 2 is 1.83 bits per heavy atom. The molecule has 0 saturated carbocycles. The zero-order chi connectivity index (χ0) is 17.5. The van der Waals surface area contributed by atoms with Crippen molar-refractivity contribution in [1.29, 1.82) is 0 Å². The molecule has 0 atom stereocenters. The summed E-state index contributed by atoms with van der Waals surface area (Å²) in [4.78, 5) is 38.2. The quantitative estimate of drug-likeness (QED) is 0.321. The van der Waals surface area contributed by atoms with Gasteiger partial charge in [-0.05, 0) is 53.8 Å². The summed E-state index contributed by atoms with van der Waals surface area (Å²) in [5.41, 5.74) is 3.52. The highest BCUT2D eigenvalue weighted by atomic mass is 127. The van der Waals surface area contributed by atoms with E-state index in [9.17, 15) is 14.4 Å². The van der Waals surface area contributed by atoms with E-state index in [2.05, 4.69) is 33.1 Å². The standard InChI is InChI=1S/C16H19IN4O3/c1-12(10-15(23)21-8-6-20(11-22)7-9-21)18-19-16(24)13-2-4-14(17)5-3-13/h2-5,11H,6-10H2,1H3,(H,19,24)/b18-12-. The average Bonchev–Trinajstić information content (AvgIpc) is 2.60. The summed E-state index contributed by atoms with van der Waals surface area (Å²) in [5, 5.41) is 3.99. The number of carbonyl (C=O) groups excluding carboxylic acids is 3. The highest BCUT2D eigenvalue weighted by Gasteiger charge is 2.20. The van der Waals surface area contributed by atoms with Crippen LogP contribution >= 0.6 is 22.6 Å². The number of amides is 3. The third kappa shape index (κ3) is 5.29. The number of nitrogens with zero attached hydrogens (tertiary/aromatic N) is 3. The van der Waals surface area contributed by atoms with Gasteiger partial charge in [0.25, 0.3) is 5.91 Å². The maximum Gasteiger partial charge on any atom is 0.271 e. The molecule has 0 unspecified atom stereocenters. The number of halogens is 1. The Morgan fingerprint density at radius 3 is 2.42 bits per heavy atom. The van der Waals surface area contributed by atoms with E-state index in [1.54, 1.807) is 28.9 Å². The van der Waals surface area contributed by atoms with Crippen molar-refractivity contribution in [3.63, 3.8) is 0 Å². The first-order valence-electron chi connectivity index (χ1n) is 7.56. The van der Waals surface area contributed by atoms with Crippen molar-refractivity contribution in [2.45, 2.75) is 13.3 Å². The molecule has 1 aliphatic rings. The lowest BCUT2D eigenvalue weighted by molar-refractivity contribution is -0.134. The van der Waals surface area contributed by atoms with Crippen LogP contribution < -0.4 is 5.43 Å². The van der Waals surface area contributed by atoms with Crippen LogP contribution in [0, 0.1) is 3.57 Å². The maximum atomic E-state index is 12.2. The fourth-order valence-corrected chi connectivity index (χ4v) is 2.62. The lowest BCUT2D eigenvalue weighted by Crippen LogP contribution is -2.48. The van der Waals surface area contributed by atoms with Gasteiger partial charge in [-0.1, -0.05) is 0 Å². The van der Waals surface area contributed by atoms with Gasteiger partial charge in [0, 0.05) is 41.0 Å². The summed E-state index contributed by atoms with van der Waals surface area (Å²) in [6.45, 7) is 3.86. The topological polar surface area (TPSA) is 82.1 Å². The van der Waals surface area contributed by atoms with Crippen LogP contribution in [-0.2, 0) is 9.59 Å². The number of nitrogens with one attached hydrogen (secondary N) is 1. The minimum absolute atomic E-state index is 0.0506. The zero-order valence-corrected chi connectivity index (χ0v) is 15.5. The summed E-state index contributed by atoms with van der Waals surface area (Å²) in [6, 6.07) is 7.13. The van der Waals surface area contributed by atoms with Crippen LogP contribution in [0.3, 0.4) is 0 Å². The minimum Gasteiger partial charge on any atom is -0.342 e. The molecule has 24 heavy (non-hydrogen) atoms. The molecule has 1 N–H and O–H groups in total. The Kier molecular flexibility index (Phi) is 6.71. The Balaban J connectivity index is 1.83. The van der Waals surface area contributed by atoms with Crippen molar-refractivity contribution in [3.05, 3.63) is 33.4 Å². The lowest BCUT2D eigenvalue weighted by atomic mass is 10.2. The Hall–Kier alpha value is -1.97. The first-order valence-corrected chi connectivity index (χ1v) is 8.63. The van der Waals surface area contributed by atoms with Crippen molar-refractivity contribution in [1.82, 2.24) is 15.2 Å². The van der Waals surface area contributed by atoms with E-state index < -0.39 is 0 Å². The molecule has 1 fully saturated rings. The molecule has 0 aromatic heterocycles. The van der Waals surface area contributed by atoms with Crippen molar-refractivity contribution in [2.75, 3.05) is 26.2 Å². The van der Waals surface area contributed by atoms with Crippen LogP contribution in [0.5, 0.6) is 0 Å². The summed E-state index contributed by atoms with van der Waals surface area (Å²) in [7, 11) is 0. The first kappa shape index (κ1) is 18.4. The summed E-state index contributed by atoms with van der Waals surface area (Å²) >= 11 is 2.17. The van der Waals surface area contributed by atoms with Gasteiger partial charge in [0.05, 0.1) is 6.42 Å².